The minimum atomic E-state index is -0.212. The molecule has 1 aromatic carbocycles. The molecule has 1 N–H and O–H groups in total. The number of hydrogen-bond acceptors (Lipinski definition) is 12. The van der Waals surface area contributed by atoms with E-state index in [0.717, 1.165) is 55.6 Å². The topological polar surface area (TPSA) is 143 Å². The van der Waals surface area contributed by atoms with Gasteiger partial charge in [0.1, 0.15) is 30.5 Å². The Morgan fingerprint density at radius 2 is 1.76 bits per heavy atom. The lowest BCUT2D eigenvalue weighted by Gasteiger charge is -2.42. The number of morpholine rings is 1. The van der Waals surface area contributed by atoms with Crippen molar-refractivity contribution in [1.82, 2.24) is 49.8 Å². The highest BCUT2D eigenvalue weighted by Gasteiger charge is 2.32. The number of tetrazole rings is 1. The van der Waals surface area contributed by atoms with Gasteiger partial charge in [-0.1, -0.05) is 23.7 Å². The molecular formula is C35H42ClN11O3. The summed E-state index contributed by atoms with van der Waals surface area (Å²) >= 11 is 6.47. The van der Waals surface area contributed by atoms with Crippen LogP contribution >= 0.6 is 11.6 Å². The van der Waals surface area contributed by atoms with Crippen molar-refractivity contribution in [3.63, 3.8) is 0 Å². The molecule has 7 rings (SSSR count). The summed E-state index contributed by atoms with van der Waals surface area (Å²) < 4.78 is 22.0. The van der Waals surface area contributed by atoms with Crippen LogP contribution in [0, 0.1) is 0 Å². The summed E-state index contributed by atoms with van der Waals surface area (Å²) in [6.07, 6.45) is 13.5. The Labute approximate surface area is 296 Å². The van der Waals surface area contributed by atoms with Crippen molar-refractivity contribution in [2.45, 2.75) is 90.0 Å². The molecule has 5 aromatic rings. The first kappa shape index (κ1) is 33.8. The maximum Gasteiger partial charge on any atom is 0.257 e. The van der Waals surface area contributed by atoms with E-state index < -0.39 is 0 Å². The molecule has 0 amide bonds. The molecule has 15 heteroatoms. The van der Waals surface area contributed by atoms with Gasteiger partial charge in [0.05, 0.1) is 41.7 Å². The minimum Gasteiger partial charge on any atom is -0.487 e. The third-order valence-electron chi connectivity index (χ3n) is 9.11. The first-order chi connectivity index (χ1) is 24.4. The van der Waals surface area contributed by atoms with Gasteiger partial charge in [0.25, 0.3) is 5.88 Å². The monoisotopic (exact) mass is 699 g/mol. The van der Waals surface area contributed by atoms with Crippen LogP contribution in [0.3, 0.4) is 0 Å². The normalized spacial score (nSPS) is 21.8. The quantitative estimate of drug-likeness (QED) is 0.169. The maximum atomic E-state index is 6.47. The standard InChI is InChI=1S/C35H42ClN11O3/c1-23-17-45(18-24(2)49-23)29-8-10-30(11-9-29)47-20-32(34(42-47)48-21-28-6-4-5-13-37-28)41-35-38-15-27(16-39-35)26-7-12-31(36)33(14-26)50-25(3)19-46-22-40-43-44-46/h4-7,12-16,20,22-25,29-30H,8-11,17-19,21H2,1-3H3,(H,38,39,41)/t23-,24+,25?,29?,30?. The predicted octanol–water partition coefficient (Wildman–Crippen LogP) is 5.76. The highest BCUT2D eigenvalue weighted by atomic mass is 35.5. The van der Waals surface area contributed by atoms with Gasteiger partial charge >= 0.3 is 0 Å². The molecule has 4 aromatic heterocycles. The third-order valence-corrected chi connectivity index (χ3v) is 9.42. The Morgan fingerprint density at radius 1 is 0.980 bits per heavy atom. The molecule has 2 fully saturated rings. The van der Waals surface area contributed by atoms with Gasteiger partial charge < -0.3 is 19.5 Å². The van der Waals surface area contributed by atoms with Gasteiger partial charge in [-0.3, -0.25) is 14.6 Å². The number of nitrogens with zero attached hydrogens (tertiary/aromatic N) is 10. The fraction of sp³-hybridized carbons (Fsp3) is 0.457. The molecule has 3 atom stereocenters. The number of hydrogen-bond donors (Lipinski definition) is 1. The lowest BCUT2D eigenvalue weighted by Crippen LogP contribution is -2.51. The van der Waals surface area contributed by atoms with E-state index in [1.165, 1.54) is 0 Å². The highest BCUT2D eigenvalue weighted by molar-refractivity contribution is 6.32. The van der Waals surface area contributed by atoms with Crippen molar-refractivity contribution in [2.75, 3.05) is 18.4 Å². The second kappa shape index (κ2) is 15.5. The molecule has 0 radical (unpaired) electrons. The number of halogens is 1. The van der Waals surface area contributed by atoms with Crippen molar-refractivity contribution in [3.8, 4) is 22.8 Å². The van der Waals surface area contributed by atoms with Crippen molar-refractivity contribution < 1.29 is 14.2 Å². The van der Waals surface area contributed by atoms with Crippen LogP contribution in [0.15, 0.2) is 67.5 Å². The van der Waals surface area contributed by atoms with E-state index >= 15 is 0 Å². The van der Waals surface area contributed by atoms with E-state index in [1.807, 2.05) is 48.1 Å². The van der Waals surface area contributed by atoms with Crippen LogP contribution in [0.2, 0.25) is 5.02 Å². The lowest BCUT2D eigenvalue weighted by atomic mass is 9.89. The smallest absolute Gasteiger partial charge is 0.257 e. The first-order valence-electron chi connectivity index (χ1n) is 17.1. The molecule has 1 aliphatic carbocycles. The third kappa shape index (κ3) is 8.37. The zero-order chi connectivity index (χ0) is 34.5. The van der Waals surface area contributed by atoms with Gasteiger partial charge in [0, 0.05) is 43.3 Å². The van der Waals surface area contributed by atoms with Crippen LogP contribution in [0.1, 0.15) is 58.2 Å². The zero-order valence-corrected chi connectivity index (χ0v) is 29.2. The van der Waals surface area contributed by atoms with Gasteiger partial charge in [-0.15, -0.1) is 10.2 Å². The van der Waals surface area contributed by atoms with Gasteiger partial charge in [-0.25, -0.2) is 14.6 Å². The van der Waals surface area contributed by atoms with Crippen LogP contribution in [0.25, 0.3) is 11.1 Å². The molecule has 50 heavy (non-hydrogen) atoms. The number of nitrogens with one attached hydrogen (secondary N) is 1. The van der Waals surface area contributed by atoms with Crippen molar-refractivity contribution >= 4 is 23.2 Å². The van der Waals surface area contributed by atoms with Gasteiger partial charge in [-0.2, -0.15) is 0 Å². The Kier molecular flexibility index (Phi) is 10.5. The highest BCUT2D eigenvalue weighted by Crippen LogP contribution is 2.36. The largest absolute Gasteiger partial charge is 0.487 e. The summed E-state index contributed by atoms with van der Waals surface area (Å²) in [5.74, 6) is 1.46. The fourth-order valence-electron chi connectivity index (χ4n) is 6.80. The van der Waals surface area contributed by atoms with E-state index in [1.54, 1.807) is 35.7 Å². The molecule has 1 saturated heterocycles. The number of aromatic nitrogens is 9. The summed E-state index contributed by atoms with van der Waals surface area (Å²) in [5, 5.41) is 20.0. The summed E-state index contributed by atoms with van der Waals surface area (Å²) in [7, 11) is 0. The molecule has 2 aliphatic rings. The number of benzene rings is 1. The van der Waals surface area contributed by atoms with Crippen molar-refractivity contribution in [3.05, 3.63) is 78.2 Å². The van der Waals surface area contributed by atoms with E-state index in [0.29, 0.717) is 47.5 Å². The first-order valence-corrected chi connectivity index (χ1v) is 17.5. The van der Waals surface area contributed by atoms with E-state index in [4.69, 9.17) is 30.9 Å². The number of anilines is 2. The number of rotatable bonds is 12. The van der Waals surface area contributed by atoms with E-state index in [9.17, 15) is 0 Å². The van der Waals surface area contributed by atoms with Gasteiger partial charge in [-0.05, 0) is 86.7 Å². The van der Waals surface area contributed by atoms with Gasteiger partial charge in [0.15, 0.2) is 0 Å². The summed E-state index contributed by atoms with van der Waals surface area (Å²) in [4.78, 5) is 16.3. The van der Waals surface area contributed by atoms with Crippen molar-refractivity contribution in [2.24, 2.45) is 0 Å². The van der Waals surface area contributed by atoms with Crippen LogP contribution in [-0.2, 0) is 17.9 Å². The van der Waals surface area contributed by atoms with Crippen LogP contribution in [0.4, 0.5) is 11.6 Å². The Hall–Kier alpha value is -4.66. The molecule has 14 nitrogen and oxygen atoms in total. The lowest BCUT2D eigenvalue weighted by molar-refractivity contribution is -0.0852. The van der Waals surface area contributed by atoms with Crippen LogP contribution < -0.4 is 14.8 Å². The average molecular weight is 700 g/mol. The average Bonchev–Trinajstić information content (AvgIpc) is 3.79. The molecule has 1 aliphatic heterocycles. The van der Waals surface area contributed by atoms with Gasteiger partial charge in [0.2, 0.25) is 5.95 Å². The Morgan fingerprint density at radius 3 is 2.48 bits per heavy atom. The Balaban J connectivity index is 1.04. The molecule has 262 valence electrons. The van der Waals surface area contributed by atoms with E-state index in [-0.39, 0.29) is 24.4 Å². The maximum absolute atomic E-state index is 6.47. The number of ether oxygens (including phenoxy) is 3. The van der Waals surface area contributed by atoms with Crippen LogP contribution in [0.5, 0.6) is 11.6 Å². The predicted molar refractivity (Wildman–Crippen MR) is 187 cm³/mol. The molecule has 0 bridgehead atoms. The fourth-order valence-corrected chi connectivity index (χ4v) is 6.96. The second-order valence-corrected chi connectivity index (χ2v) is 13.5. The molecular weight excluding hydrogens is 658 g/mol. The number of pyridine rings is 1. The minimum absolute atomic E-state index is 0.212. The molecule has 5 heterocycles. The summed E-state index contributed by atoms with van der Waals surface area (Å²) in [6, 6.07) is 12.2. The molecule has 1 unspecified atom stereocenters. The van der Waals surface area contributed by atoms with E-state index in [2.05, 4.69) is 54.5 Å². The SMILES string of the molecule is CC(Cn1cnnn1)Oc1cc(-c2cnc(Nc3cn(C4CCC(N5C[C@@H](C)O[C@@H](C)C5)CC4)nc3OCc3ccccn3)nc2)ccc1Cl. The summed E-state index contributed by atoms with van der Waals surface area (Å²) in [6.45, 7) is 9.04. The Bertz CT molecular complexity index is 1810. The summed E-state index contributed by atoms with van der Waals surface area (Å²) in [5.41, 5.74) is 3.20. The van der Waals surface area contributed by atoms with Crippen molar-refractivity contribution in [1.29, 1.82) is 0 Å². The molecule has 1 saturated carbocycles. The van der Waals surface area contributed by atoms with Crippen LogP contribution in [-0.4, -0.2) is 87.3 Å². The second-order valence-electron chi connectivity index (χ2n) is 13.1. The molecule has 0 spiro atoms. The zero-order valence-electron chi connectivity index (χ0n) is 28.5.